The number of carbonyl (C=O) groups is 1. The Kier molecular flexibility index (Phi) is 3.55. The summed E-state index contributed by atoms with van der Waals surface area (Å²) in [6.07, 6.45) is -4.73. The Balaban J connectivity index is 2.18. The Morgan fingerprint density at radius 3 is 2.39 bits per heavy atom. The Morgan fingerprint density at radius 2 is 1.89 bits per heavy atom. The van der Waals surface area contributed by atoms with Crippen LogP contribution in [0.2, 0.25) is 0 Å². The van der Waals surface area contributed by atoms with Gasteiger partial charge in [0.2, 0.25) is 0 Å². The van der Waals surface area contributed by atoms with E-state index in [9.17, 15) is 18.0 Å². The van der Waals surface area contributed by atoms with Gasteiger partial charge in [-0.05, 0) is 6.42 Å². The maximum atomic E-state index is 12.9. The molecule has 18 heavy (non-hydrogen) atoms. The first-order valence-electron chi connectivity index (χ1n) is 5.79. The van der Waals surface area contributed by atoms with Crippen molar-refractivity contribution in [3.8, 4) is 0 Å². The highest BCUT2D eigenvalue weighted by Crippen LogP contribution is 2.47. The molecular formula is C11H15F3O4. The fourth-order valence-electron chi connectivity index (χ4n) is 2.67. The first-order valence-corrected chi connectivity index (χ1v) is 5.79. The van der Waals surface area contributed by atoms with Gasteiger partial charge in [-0.25, -0.2) is 0 Å². The lowest BCUT2D eigenvalue weighted by Gasteiger charge is -2.40. The molecule has 2 rings (SSSR count). The van der Waals surface area contributed by atoms with Gasteiger partial charge < -0.3 is 14.2 Å². The maximum absolute atomic E-state index is 12.9. The quantitative estimate of drug-likeness (QED) is 0.681. The number of carbonyl (C=O) groups excluding carboxylic acids is 1. The lowest BCUT2D eigenvalue weighted by atomic mass is 9.77. The average Bonchev–Trinajstić information content (AvgIpc) is 2.74. The van der Waals surface area contributed by atoms with E-state index in [2.05, 4.69) is 4.74 Å². The molecule has 0 aromatic carbocycles. The van der Waals surface area contributed by atoms with Crippen molar-refractivity contribution < 1.29 is 32.2 Å². The summed E-state index contributed by atoms with van der Waals surface area (Å²) in [6, 6.07) is 0. The van der Waals surface area contributed by atoms with Gasteiger partial charge in [-0.3, -0.25) is 4.79 Å². The molecule has 1 saturated carbocycles. The summed E-state index contributed by atoms with van der Waals surface area (Å²) in [4.78, 5) is 11.5. The molecule has 104 valence electrons. The molecule has 0 N–H and O–H groups in total. The van der Waals surface area contributed by atoms with Crippen LogP contribution in [0.15, 0.2) is 0 Å². The predicted molar refractivity (Wildman–Crippen MR) is 53.5 cm³/mol. The molecule has 0 radical (unpaired) electrons. The Morgan fingerprint density at radius 1 is 1.28 bits per heavy atom. The number of ether oxygens (including phenoxy) is 3. The van der Waals surface area contributed by atoms with Crippen LogP contribution in [0, 0.1) is 11.8 Å². The smallest absolute Gasteiger partial charge is 0.392 e. The van der Waals surface area contributed by atoms with Crippen molar-refractivity contribution in [3.05, 3.63) is 0 Å². The van der Waals surface area contributed by atoms with E-state index < -0.39 is 29.8 Å². The van der Waals surface area contributed by atoms with Crippen molar-refractivity contribution in [2.75, 3.05) is 20.3 Å². The average molecular weight is 268 g/mol. The van der Waals surface area contributed by atoms with E-state index in [-0.39, 0.29) is 32.5 Å². The van der Waals surface area contributed by atoms with Gasteiger partial charge in [0, 0.05) is 12.8 Å². The van der Waals surface area contributed by atoms with E-state index >= 15 is 0 Å². The van der Waals surface area contributed by atoms with Gasteiger partial charge in [0.1, 0.15) is 0 Å². The molecule has 1 aliphatic carbocycles. The number of esters is 1. The van der Waals surface area contributed by atoms with E-state index in [0.717, 1.165) is 0 Å². The van der Waals surface area contributed by atoms with Gasteiger partial charge >= 0.3 is 12.1 Å². The van der Waals surface area contributed by atoms with E-state index in [1.165, 1.54) is 7.11 Å². The molecular weight excluding hydrogens is 253 g/mol. The normalized spacial score (nSPS) is 31.6. The zero-order valence-electron chi connectivity index (χ0n) is 9.96. The Labute approximate surface area is 102 Å². The second-order valence-corrected chi connectivity index (χ2v) is 4.71. The SMILES string of the molecule is COC(=O)C1CC(C(F)(F)F)CC2(C1)OCCO2. The summed E-state index contributed by atoms with van der Waals surface area (Å²) in [5, 5.41) is 0. The number of methoxy groups -OCH3 is 1. The van der Waals surface area contributed by atoms with Gasteiger partial charge in [-0.2, -0.15) is 13.2 Å². The summed E-state index contributed by atoms with van der Waals surface area (Å²) in [6.45, 7) is 0.525. The van der Waals surface area contributed by atoms with Crippen molar-refractivity contribution in [3.63, 3.8) is 0 Å². The van der Waals surface area contributed by atoms with E-state index in [1.54, 1.807) is 0 Å². The molecule has 0 bridgehead atoms. The van der Waals surface area contributed by atoms with Gasteiger partial charge in [0.05, 0.1) is 32.2 Å². The van der Waals surface area contributed by atoms with Crippen LogP contribution in [-0.2, 0) is 19.0 Å². The Hall–Kier alpha value is -0.820. The largest absolute Gasteiger partial charge is 0.469 e. The topological polar surface area (TPSA) is 44.8 Å². The molecule has 2 atom stereocenters. The summed E-state index contributed by atoms with van der Waals surface area (Å²) in [5.74, 6) is -4.32. The summed E-state index contributed by atoms with van der Waals surface area (Å²) in [7, 11) is 1.17. The molecule has 1 heterocycles. The molecule has 2 aliphatic rings. The van der Waals surface area contributed by atoms with Crippen LogP contribution in [0.1, 0.15) is 19.3 Å². The molecule has 1 saturated heterocycles. The number of hydrogen-bond acceptors (Lipinski definition) is 4. The van der Waals surface area contributed by atoms with Crippen molar-refractivity contribution >= 4 is 5.97 Å². The zero-order chi connectivity index (χ0) is 13.4. The third-order valence-electron chi connectivity index (χ3n) is 3.49. The highest BCUT2D eigenvalue weighted by atomic mass is 19.4. The van der Waals surface area contributed by atoms with Crippen molar-refractivity contribution in [1.82, 2.24) is 0 Å². The summed E-state index contributed by atoms with van der Waals surface area (Å²) < 4.78 is 53.7. The first kappa shape index (κ1) is 13.6. The van der Waals surface area contributed by atoms with Crippen molar-refractivity contribution in [2.45, 2.75) is 31.2 Å². The van der Waals surface area contributed by atoms with Crippen LogP contribution in [0.4, 0.5) is 13.2 Å². The number of alkyl halides is 3. The van der Waals surface area contributed by atoms with E-state index in [0.29, 0.717) is 0 Å². The van der Waals surface area contributed by atoms with Crippen LogP contribution in [0.25, 0.3) is 0 Å². The molecule has 1 aliphatic heterocycles. The standard InChI is InChI=1S/C11H15F3O4/c1-16-9(15)7-4-8(11(12,13)14)6-10(5-7)17-2-3-18-10/h7-8H,2-6H2,1H3. The maximum Gasteiger partial charge on any atom is 0.392 e. The highest BCUT2D eigenvalue weighted by molar-refractivity contribution is 5.72. The van der Waals surface area contributed by atoms with Crippen LogP contribution in [0.3, 0.4) is 0 Å². The second kappa shape index (κ2) is 4.70. The third kappa shape index (κ3) is 2.61. The molecule has 0 aromatic heterocycles. The minimum Gasteiger partial charge on any atom is -0.469 e. The fourth-order valence-corrected chi connectivity index (χ4v) is 2.67. The fraction of sp³-hybridized carbons (Fsp3) is 0.909. The van der Waals surface area contributed by atoms with Crippen LogP contribution in [0.5, 0.6) is 0 Å². The first-order chi connectivity index (χ1) is 8.36. The monoisotopic (exact) mass is 268 g/mol. The molecule has 4 nitrogen and oxygen atoms in total. The zero-order valence-corrected chi connectivity index (χ0v) is 9.96. The van der Waals surface area contributed by atoms with Crippen molar-refractivity contribution in [1.29, 1.82) is 0 Å². The van der Waals surface area contributed by atoms with Gasteiger partial charge in [0.15, 0.2) is 5.79 Å². The second-order valence-electron chi connectivity index (χ2n) is 4.71. The van der Waals surface area contributed by atoms with Gasteiger partial charge in [-0.15, -0.1) is 0 Å². The van der Waals surface area contributed by atoms with Crippen molar-refractivity contribution in [2.24, 2.45) is 11.8 Å². The third-order valence-corrected chi connectivity index (χ3v) is 3.49. The minimum atomic E-state index is -4.35. The molecule has 2 unspecified atom stereocenters. The van der Waals surface area contributed by atoms with Gasteiger partial charge in [0.25, 0.3) is 0 Å². The molecule has 0 aromatic rings. The molecule has 2 fully saturated rings. The summed E-state index contributed by atoms with van der Waals surface area (Å²) in [5.41, 5.74) is 0. The molecule has 1 spiro atoms. The number of hydrogen-bond donors (Lipinski definition) is 0. The van der Waals surface area contributed by atoms with Crippen LogP contribution >= 0.6 is 0 Å². The van der Waals surface area contributed by atoms with E-state index in [1.807, 2.05) is 0 Å². The summed E-state index contributed by atoms with van der Waals surface area (Å²) >= 11 is 0. The lowest BCUT2D eigenvalue weighted by Crippen LogP contribution is -2.46. The van der Waals surface area contributed by atoms with Crippen LogP contribution < -0.4 is 0 Å². The molecule has 0 amide bonds. The minimum absolute atomic E-state index is 0.131. The number of rotatable bonds is 1. The highest BCUT2D eigenvalue weighted by Gasteiger charge is 2.54. The predicted octanol–water partition coefficient (Wildman–Crippen LogP) is 1.88. The van der Waals surface area contributed by atoms with Gasteiger partial charge in [-0.1, -0.05) is 0 Å². The van der Waals surface area contributed by atoms with E-state index in [4.69, 9.17) is 9.47 Å². The van der Waals surface area contributed by atoms with Crippen LogP contribution in [-0.4, -0.2) is 38.3 Å². The number of halogens is 3. The molecule has 7 heteroatoms. The lowest BCUT2D eigenvalue weighted by molar-refractivity contribution is -0.253. The Bertz CT molecular complexity index is 323.